The Morgan fingerprint density at radius 1 is 0.961 bits per heavy atom. The Balaban J connectivity index is 1.39. The van der Waals surface area contributed by atoms with Gasteiger partial charge in [-0.25, -0.2) is 4.98 Å². The maximum Gasteiger partial charge on any atom is 0.280 e. The van der Waals surface area contributed by atoms with Crippen LogP contribution in [0.2, 0.25) is 0 Å². The van der Waals surface area contributed by atoms with Crippen LogP contribution in [0, 0.1) is 5.92 Å². The predicted molar refractivity (Wildman–Crippen MR) is 187 cm³/mol. The van der Waals surface area contributed by atoms with Gasteiger partial charge in [0.05, 0.1) is 27.2 Å². The first-order valence-electron chi connectivity index (χ1n) is 16.4. The lowest BCUT2D eigenvalue weighted by molar-refractivity contribution is -0.128. The molecule has 1 aliphatic rings. The first-order chi connectivity index (χ1) is 24.7. The smallest absolute Gasteiger partial charge is 0.280 e. The number of fused-ring (bicyclic) bond motifs is 1. The SMILES string of the molecule is COCO[C@@H]1[C@H](O)[C@@H](COC(c2ccccc2)(c2ccc(OC)cc2)c2ccc(OC)cc2)O[C@H]1n1cnc2c(=O)[nH]c(NC(=O)C(C)C)nc21. The quantitative estimate of drug-likeness (QED) is 0.113. The van der Waals surface area contributed by atoms with Crippen LogP contribution in [0.25, 0.3) is 11.2 Å². The Labute approximate surface area is 294 Å². The molecule has 3 aromatic carbocycles. The molecule has 1 aliphatic heterocycles. The molecule has 268 valence electrons. The number of anilines is 1. The third-order valence-electron chi connectivity index (χ3n) is 8.80. The number of carbonyl (C=O) groups is 1. The Bertz CT molecular complexity index is 1930. The Morgan fingerprint density at radius 2 is 1.57 bits per heavy atom. The Hall–Kier alpha value is -5.12. The number of methoxy groups -OCH3 is 3. The molecule has 0 unspecified atom stereocenters. The second-order valence-corrected chi connectivity index (χ2v) is 12.3. The predicted octanol–water partition coefficient (Wildman–Crippen LogP) is 3.99. The maximum atomic E-state index is 13.0. The summed E-state index contributed by atoms with van der Waals surface area (Å²) in [6.45, 7) is 3.18. The van der Waals surface area contributed by atoms with Crippen molar-refractivity contribution in [2.24, 2.45) is 5.92 Å². The average molecular weight is 700 g/mol. The van der Waals surface area contributed by atoms with Crippen molar-refractivity contribution in [3.63, 3.8) is 0 Å². The van der Waals surface area contributed by atoms with Gasteiger partial charge < -0.3 is 33.5 Å². The number of aromatic amines is 1. The van der Waals surface area contributed by atoms with Crippen molar-refractivity contribution >= 4 is 23.0 Å². The van der Waals surface area contributed by atoms with E-state index < -0.39 is 35.7 Å². The van der Waals surface area contributed by atoms with Crippen LogP contribution in [0.4, 0.5) is 5.95 Å². The molecule has 3 heterocycles. The van der Waals surface area contributed by atoms with Crippen molar-refractivity contribution in [3.8, 4) is 11.5 Å². The van der Waals surface area contributed by atoms with Gasteiger partial charge in [-0.05, 0) is 41.0 Å². The third-order valence-corrected chi connectivity index (χ3v) is 8.80. The van der Waals surface area contributed by atoms with Gasteiger partial charge in [-0.3, -0.25) is 24.5 Å². The molecule has 0 spiro atoms. The van der Waals surface area contributed by atoms with E-state index in [1.165, 1.54) is 18.0 Å². The number of rotatable bonds is 14. The molecule has 1 saturated heterocycles. The van der Waals surface area contributed by atoms with Gasteiger partial charge in [-0.15, -0.1) is 0 Å². The number of nitrogens with one attached hydrogen (secondary N) is 2. The first kappa shape index (κ1) is 35.7. The van der Waals surface area contributed by atoms with E-state index in [9.17, 15) is 14.7 Å². The molecular weight excluding hydrogens is 658 g/mol. The number of aliphatic hydroxyl groups excluding tert-OH is 1. The summed E-state index contributed by atoms with van der Waals surface area (Å²) in [4.78, 5) is 36.6. The maximum absolute atomic E-state index is 13.0. The fourth-order valence-corrected chi connectivity index (χ4v) is 6.12. The summed E-state index contributed by atoms with van der Waals surface area (Å²) in [7, 11) is 4.68. The lowest BCUT2D eigenvalue weighted by atomic mass is 9.80. The molecule has 5 aromatic rings. The van der Waals surface area contributed by atoms with Crippen LogP contribution >= 0.6 is 0 Å². The highest BCUT2D eigenvalue weighted by atomic mass is 16.7. The fourth-order valence-electron chi connectivity index (χ4n) is 6.12. The zero-order valence-corrected chi connectivity index (χ0v) is 28.9. The number of carbonyl (C=O) groups excluding carboxylic acids is 1. The largest absolute Gasteiger partial charge is 0.497 e. The third kappa shape index (κ3) is 7.09. The van der Waals surface area contributed by atoms with E-state index in [0.29, 0.717) is 11.5 Å². The minimum Gasteiger partial charge on any atom is -0.497 e. The number of hydrogen-bond acceptors (Lipinski definition) is 11. The molecule has 0 aliphatic carbocycles. The van der Waals surface area contributed by atoms with Gasteiger partial charge >= 0.3 is 0 Å². The van der Waals surface area contributed by atoms with E-state index in [2.05, 4.69) is 20.3 Å². The summed E-state index contributed by atoms with van der Waals surface area (Å²) in [5.41, 5.74) is 0.838. The molecule has 14 heteroatoms. The standard InChI is InChI=1S/C37H41N5O9/c1-22(2)33(44)40-36-39-32-29(34(45)41-36)38-20-42(32)35-31(49-21-46-3)30(43)28(51-35)19-50-37(23-9-7-6-8-10-23,24-11-15-26(47-4)16-12-24)25-13-17-27(48-5)18-14-25/h6-18,20,22,28,30-31,35,43H,19,21H2,1-5H3,(H2,39,40,41,44,45)/t28-,30-,31-,35-/m1/s1. The molecule has 6 rings (SSSR count). The molecule has 4 atom stereocenters. The minimum atomic E-state index is -1.22. The van der Waals surface area contributed by atoms with Crippen LogP contribution in [0.15, 0.2) is 90.0 Å². The van der Waals surface area contributed by atoms with Crippen LogP contribution in [-0.4, -0.2) is 83.6 Å². The van der Waals surface area contributed by atoms with Gasteiger partial charge in [0.1, 0.15) is 42.2 Å². The van der Waals surface area contributed by atoms with Gasteiger partial charge in [0.2, 0.25) is 11.9 Å². The highest BCUT2D eigenvalue weighted by Crippen LogP contribution is 2.43. The lowest BCUT2D eigenvalue weighted by Gasteiger charge is -2.37. The van der Waals surface area contributed by atoms with Crippen molar-refractivity contribution in [3.05, 3.63) is 112 Å². The van der Waals surface area contributed by atoms with Gasteiger partial charge in [0, 0.05) is 13.0 Å². The summed E-state index contributed by atoms with van der Waals surface area (Å²) < 4.78 is 37.1. The first-order valence-corrected chi connectivity index (χ1v) is 16.4. The number of ether oxygens (including phenoxy) is 6. The zero-order valence-electron chi connectivity index (χ0n) is 28.9. The number of imidazole rings is 1. The van der Waals surface area contributed by atoms with Gasteiger partial charge in [0.25, 0.3) is 5.56 Å². The van der Waals surface area contributed by atoms with E-state index in [-0.39, 0.29) is 42.3 Å². The van der Waals surface area contributed by atoms with Crippen molar-refractivity contribution in [2.45, 2.75) is 44.0 Å². The lowest BCUT2D eigenvalue weighted by Crippen LogP contribution is -2.40. The topological polar surface area (TPSA) is 168 Å². The molecule has 0 bridgehead atoms. The van der Waals surface area contributed by atoms with Crippen molar-refractivity contribution in [1.82, 2.24) is 19.5 Å². The number of aliphatic hydroxyl groups is 1. The summed E-state index contributed by atoms with van der Waals surface area (Å²) in [6, 6.07) is 24.9. The van der Waals surface area contributed by atoms with Gasteiger partial charge in [-0.1, -0.05) is 68.4 Å². The molecule has 51 heavy (non-hydrogen) atoms. The van der Waals surface area contributed by atoms with Crippen LogP contribution in [0.1, 0.15) is 36.8 Å². The van der Waals surface area contributed by atoms with Crippen molar-refractivity contribution in [1.29, 1.82) is 0 Å². The number of aromatic nitrogens is 4. The molecule has 3 N–H and O–H groups in total. The van der Waals surface area contributed by atoms with E-state index in [4.69, 9.17) is 28.4 Å². The minimum absolute atomic E-state index is 0.0166. The summed E-state index contributed by atoms with van der Waals surface area (Å²) in [5.74, 6) is 0.629. The highest BCUT2D eigenvalue weighted by molar-refractivity contribution is 5.91. The van der Waals surface area contributed by atoms with E-state index in [0.717, 1.165) is 16.7 Å². The number of nitrogens with zero attached hydrogens (tertiary/aromatic N) is 3. The van der Waals surface area contributed by atoms with Crippen LogP contribution in [0.3, 0.4) is 0 Å². The van der Waals surface area contributed by atoms with E-state index in [1.54, 1.807) is 28.1 Å². The monoisotopic (exact) mass is 699 g/mol. The Kier molecular flexibility index (Phi) is 10.8. The zero-order chi connectivity index (χ0) is 36.1. The molecule has 14 nitrogen and oxygen atoms in total. The second-order valence-electron chi connectivity index (χ2n) is 12.3. The second kappa shape index (κ2) is 15.4. The number of amides is 1. The number of benzene rings is 3. The molecule has 1 fully saturated rings. The van der Waals surface area contributed by atoms with Gasteiger partial charge in [-0.2, -0.15) is 4.98 Å². The summed E-state index contributed by atoms with van der Waals surface area (Å²) in [5, 5.41) is 14.4. The number of H-pyrrole nitrogens is 1. The van der Waals surface area contributed by atoms with Gasteiger partial charge in [0.15, 0.2) is 17.4 Å². The highest BCUT2D eigenvalue weighted by Gasteiger charge is 2.48. The average Bonchev–Trinajstić information content (AvgIpc) is 3.72. The summed E-state index contributed by atoms with van der Waals surface area (Å²) >= 11 is 0. The van der Waals surface area contributed by atoms with E-state index >= 15 is 0 Å². The normalized spacial score (nSPS) is 19.0. The van der Waals surface area contributed by atoms with E-state index in [1.807, 2.05) is 78.9 Å². The van der Waals surface area contributed by atoms with Crippen LogP contribution in [0.5, 0.6) is 11.5 Å². The van der Waals surface area contributed by atoms with Crippen molar-refractivity contribution in [2.75, 3.05) is 40.0 Å². The number of hydrogen-bond donors (Lipinski definition) is 3. The van der Waals surface area contributed by atoms with Crippen LogP contribution < -0.4 is 20.3 Å². The molecule has 0 saturated carbocycles. The molecule has 0 radical (unpaired) electrons. The summed E-state index contributed by atoms with van der Waals surface area (Å²) in [6.07, 6.45) is -2.77. The Morgan fingerprint density at radius 3 is 2.14 bits per heavy atom. The van der Waals surface area contributed by atoms with Crippen LogP contribution in [-0.2, 0) is 29.3 Å². The van der Waals surface area contributed by atoms with Crippen molar-refractivity contribution < 1.29 is 38.3 Å². The molecule has 1 amide bonds. The molecular formula is C37H41N5O9. The molecule has 2 aromatic heterocycles. The fraction of sp³-hybridized carbons (Fsp3) is 0.351.